The first-order chi connectivity index (χ1) is 10.4. The monoisotopic (exact) mass is 339 g/mol. The lowest BCUT2D eigenvalue weighted by Crippen LogP contribution is -2.48. The van der Waals surface area contributed by atoms with E-state index in [-0.39, 0.29) is 15.7 Å². The molecule has 1 aromatic heterocycles. The first-order valence-electron chi connectivity index (χ1n) is 6.06. The SMILES string of the molecule is Cn1nccc1C(=O)NC(=S)NNS(=O)(=O)c1ccccc1. The van der Waals surface area contributed by atoms with Crippen LogP contribution < -0.4 is 15.6 Å². The van der Waals surface area contributed by atoms with Gasteiger partial charge in [0.05, 0.1) is 4.90 Å². The Kier molecular flexibility index (Phi) is 4.85. The molecule has 1 heterocycles. The minimum absolute atomic E-state index is 0.0725. The first kappa shape index (κ1) is 16.1. The smallest absolute Gasteiger partial charge is 0.275 e. The van der Waals surface area contributed by atoms with Crippen molar-refractivity contribution in [1.29, 1.82) is 0 Å². The lowest BCUT2D eigenvalue weighted by atomic mass is 10.4. The number of aryl methyl sites for hydroxylation is 1. The molecule has 0 aliphatic rings. The fourth-order valence-corrected chi connectivity index (χ4v) is 2.65. The maximum atomic E-state index is 11.9. The van der Waals surface area contributed by atoms with Crippen molar-refractivity contribution in [3.63, 3.8) is 0 Å². The van der Waals surface area contributed by atoms with Crippen LogP contribution in [0.1, 0.15) is 10.5 Å². The van der Waals surface area contributed by atoms with Crippen LogP contribution in [-0.2, 0) is 17.1 Å². The Morgan fingerprint density at radius 3 is 2.50 bits per heavy atom. The van der Waals surface area contributed by atoms with Crippen LogP contribution in [-0.4, -0.2) is 29.2 Å². The summed E-state index contributed by atoms with van der Waals surface area (Å²) in [5, 5.41) is 6.02. The molecule has 0 bridgehead atoms. The normalized spacial score (nSPS) is 11.0. The van der Waals surface area contributed by atoms with Gasteiger partial charge in [-0.1, -0.05) is 18.2 Å². The van der Waals surface area contributed by atoms with E-state index < -0.39 is 15.9 Å². The number of carbonyl (C=O) groups excluding carboxylic acids is 1. The summed E-state index contributed by atoms with van der Waals surface area (Å²) in [6, 6.07) is 9.26. The Hall–Kier alpha value is -2.30. The number of sulfonamides is 1. The van der Waals surface area contributed by atoms with Gasteiger partial charge < -0.3 is 0 Å². The van der Waals surface area contributed by atoms with Gasteiger partial charge in [0.2, 0.25) is 0 Å². The maximum absolute atomic E-state index is 11.9. The largest absolute Gasteiger partial charge is 0.297 e. The Labute approximate surface area is 132 Å². The van der Waals surface area contributed by atoms with Crippen molar-refractivity contribution in [3.05, 3.63) is 48.3 Å². The van der Waals surface area contributed by atoms with Crippen LogP contribution in [0.4, 0.5) is 0 Å². The summed E-state index contributed by atoms with van der Waals surface area (Å²) >= 11 is 4.87. The van der Waals surface area contributed by atoms with E-state index in [1.54, 1.807) is 25.2 Å². The van der Waals surface area contributed by atoms with Gasteiger partial charge in [-0.3, -0.25) is 20.2 Å². The summed E-state index contributed by atoms with van der Waals surface area (Å²) in [4.78, 5) is 14.0. The van der Waals surface area contributed by atoms with Crippen molar-refractivity contribution in [1.82, 2.24) is 25.4 Å². The quantitative estimate of drug-likeness (QED) is 0.531. The van der Waals surface area contributed by atoms with Crippen LogP contribution in [0.25, 0.3) is 0 Å². The number of hydrogen-bond donors (Lipinski definition) is 3. The molecule has 2 rings (SSSR count). The predicted octanol–water partition coefficient (Wildman–Crippen LogP) is -0.0821. The van der Waals surface area contributed by atoms with E-state index in [1.165, 1.54) is 29.1 Å². The Morgan fingerprint density at radius 1 is 1.23 bits per heavy atom. The molecule has 0 radical (unpaired) electrons. The number of thiocarbonyl (C=S) groups is 1. The highest BCUT2D eigenvalue weighted by Gasteiger charge is 2.15. The maximum Gasteiger partial charge on any atom is 0.275 e. The molecule has 3 N–H and O–H groups in total. The number of benzene rings is 1. The molecule has 22 heavy (non-hydrogen) atoms. The number of hydrogen-bond acceptors (Lipinski definition) is 5. The van der Waals surface area contributed by atoms with E-state index in [0.29, 0.717) is 0 Å². The molecule has 0 fully saturated rings. The average molecular weight is 339 g/mol. The van der Waals surface area contributed by atoms with Gasteiger partial charge in [-0.25, -0.2) is 8.42 Å². The van der Waals surface area contributed by atoms with Gasteiger partial charge in [-0.05, 0) is 30.4 Å². The highest BCUT2D eigenvalue weighted by atomic mass is 32.2. The van der Waals surface area contributed by atoms with Crippen molar-refractivity contribution in [2.45, 2.75) is 4.90 Å². The second kappa shape index (κ2) is 6.64. The second-order valence-electron chi connectivity index (χ2n) is 4.17. The molecule has 0 aliphatic carbocycles. The highest BCUT2D eigenvalue weighted by Crippen LogP contribution is 2.05. The van der Waals surface area contributed by atoms with Gasteiger partial charge in [0.15, 0.2) is 5.11 Å². The number of aromatic nitrogens is 2. The highest BCUT2D eigenvalue weighted by molar-refractivity contribution is 7.89. The standard InChI is InChI=1S/C12H13N5O3S2/c1-17-10(7-8-13-17)11(18)14-12(21)15-16-22(19,20)9-5-3-2-4-6-9/h2-8,16H,1H3,(H2,14,15,18,21). The second-order valence-corrected chi connectivity index (χ2v) is 6.26. The fraction of sp³-hybridized carbons (Fsp3) is 0.0833. The van der Waals surface area contributed by atoms with E-state index in [0.717, 1.165) is 0 Å². The van der Waals surface area contributed by atoms with Gasteiger partial charge >= 0.3 is 0 Å². The van der Waals surface area contributed by atoms with Crippen LogP contribution in [0.5, 0.6) is 0 Å². The third-order valence-corrected chi connectivity index (χ3v) is 4.10. The molecule has 0 aliphatic heterocycles. The Bertz CT molecular complexity index is 786. The number of nitrogens with one attached hydrogen (secondary N) is 3. The summed E-state index contributed by atoms with van der Waals surface area (Å²) in [6.45, 7) is 0. The van der Waals surface area contributed by atoms with E-state index >= 15 is 0 Å². The molecular formula is C12H13N5O3S2. The van der Waals surface area contributed by atoms with Gasteiger partial charge in [0.1, 0.15) is 5.69 Å². The van der Waals surface area contributed by atoms with E-state index in [9.17, 15) is 13.2 Å². The van der Waals surface area contributed by atoms with Crippen LogP contribution >= 0.6 is 12.2 Å². The molecule has 116 valence electrons. The molecule has 0 saturated heterocycles. The number of amides is 1. The summed E-state index contributed by atoms with van der Waals surface area (Å²) in [6.07, 6.45) is 1.46. The molecule has 0 atom stereocenters. The topological polar surface area (TPSA) is 105 Å². The van der Waals surface area contributed by atoms with Gasteiger partial charge in [0.25, 0.3) is 15.9 Å². The summed E-state index contributed by atoms with van der Waals surface area (Å²) in [5.41, 5.74) is 2.55. The fourth-order valence-electron chi connectivity index (χ4n) is 1.57. The Balaban J connectivity index is 1.93. The molecule has 1 aromatic carbocycles. The third-order valence-electron chi connectivity index (χ3n) is 2.63. The zero-order valence-corrected chi connectivity index (χ0v) is 13.1. The number of carbonyl (C=O) groups is 1. The molecule has 10 heteroatoms. The third kappa shape index (κ3) is 3.87. The Morgan fingerprint density at radius 2 is 1.91 bits per heavy atom. The zero-order chi connectivity index (χ0) is 16.2. The van der Waals surface area contributed by atoms with E-state index in [4.69, 9.17) is 12.2 Å². The molecule has 1 amide bonds. The molecule has 2 aromatic rings. The van der Waals surface area contributed by atoms with E-state index in [1.807, 2.05) is 0 Å². The first-order valence-corrected chi connectivity index (χ1v) is 7.95. The number of nitrogens with zero attached hydrogens (tertiary/aromatic N) is 2. The van der Waals surface area contributed by atoms with Crippen molar-refractivity contribution in [2.24, 2.45) is 7.05 Å². The van der Waals surface area contributed by atoms with Crippen LogP contribution in [0.15, 0.2) is 47.5 Å². The van der Waals surface area contributed by atoms with Gasteiger partial charge in [-0.2, -0.15) is 5.10 Å². The van der Waals surface area contributed by atoms with Crippen LogP contribution in [0, 0.1) is 0 Å². The van der Waals surface area contributed by atoms with E-state index in [2.05, 4.69) is 20.7 Å². The molecule has 0 spiro atoms. The van der Waals surface area contributed by atoms with Crippen LogP contribution in [0.2, 0.25) is 0 Å². The van der Waals surface area contributed by atoms with Crippen molar-refractivity contribution in [2.75, 3.05) is 0 Å². The van der Waals surface area contributed by atoms with Crippen molar-refractivity contribution >= 4 is 33.3 Å². The molecular weight excluding hydrogens is 326 g/mol. The van der Waals surface area contributed by atoms with Crippen LogP contribution in [0.3, 0.4) is 0 Å². The summed E-state index contributed by atoms with van der Waals surface area (Å²) in [5.74, 6) is -0.503. The predicted molar refractivity (Wildman–Crippen MR) is 83.2 cm³/mol. The number of rotatable bonds is 4. The molecule has 8 nitrogen and oxygen atoms in total. The summed E-state index contributed by atoms with van der Waals surface area (Å²) in [7, 11) is -2.17. The van der Waals surface area contributed by atoms with Crippen molar-refractivity contribution in [3.8, 4) is 0 Å². The molecule has 0 saturated carbocycles. The summed E-state index contributed by atoms with van der Waals surface area (Å²) < 4.78 is 25.3. The minimum Gasteiger partial charge on any atom is -0.297 e. The lowest BCUT2D eigenvalue weighted by Gasteiger charge is -2.11. The average Bonchev–Trinajstić information content (AvgIpc) is 2.92. The zero-order valence-electron chi connectivity index (χ0n) is 11.5. The minimum atomic E-state index is -3.77. The van der Waals surface area contributed by atoms with Gasteiger partial charge in [0, 0.05) is 13.2 Å². The number of hydrazine groups is 1. The lowest BCUT2D eigenvalue weighted by molar-refractivity contribution is 0.0967. The molecule has 0 unspecified atom stereocenters. The van der Waals surface area contributed by atoms with Crippen molar-refractivity contribution < 1.29 is 13.2 Å². The van der Waals surface area contributed by atoms with Gasteiger partial charge in [-0.15, -0.1) is 4.83 Å².